The number of hydrogen-bond donors (Lipinski definition) is 0. The molecule has 30 heavy (non-hydrogen) atoms. The van der Waals surface area contributed by atoms with Gasteiger partial charge in [0.25, 0.3) is 6.33 Å². The van der Waals surface area contributed by atoms with Crippen LogP contribution in [0.15, 0.2) is 36.8 Å². The van der Waals surface area contributed by atoms with Gasteiger partial charge in [-0.1, -0.05) is 0 Å². The minimum absolute atomic E-state index is 0.452. The maximum Gasteiger partial charge on any atom is 0.417 e. The van der Waals surface area contributed by atoms with Crippen molar-refractivity contribution in [3.63, 3.8) is 0 Å². The molecule has 0 spiro atoms. The van der Waals surface area contributed by atoms with Gasteiger partial charge in [-0.2, -0.15) is 17.7 Å². The lowest BCUT2D eigenvalue weighted by molar-refractivity contribution is -0.659. The van der Waals surface area contributed by atoms with Gasteiger partial charge in [0, 0.05) is 42.9 Å². The number of nitrogens with zero attached hydrogens (tertiary/aromatic N) is 3. The molecular weight excluding hydrogens is 427 g/mol. The SMILES string of the molecule is Cc1cc(-c2c(-c3cc(C)sc3C)[n+](C)cn2-c2ccc(C(F)(F)F)cn2)c(C)s1. The monoisotopic (exact) mass is 448 g/mol. The average Bonchev–Trinajstić information content (AvgIpc) is 3.28. The molecule has 0 aromatic carbocycles. The van der Waals surface area contributed by atoms with E-state index >= 15 is 0 Å². The highest BCUT2D eigenvalue weighted by Gasteiger charge is 2.33. The van der Waals surface area contributed by atoms with Crippen molar-refractivity contribution >= 4 is 22.7 Å². The number of pyridine rings is 1. The van der Waals surface area contributed by atoms with Crippen molar-refractivity contribution in [2.45, 2.75) is 33.9 Å². The molecule has 0 amide bonds. The van der Waals surface area contributed by atoms with Crippen LogP contribution in [0.1, 0.15) is 25.1 Å². The first-order valence-corrected chi connectivity index (χ1v) is 11.0. The van der Waals surface area contributed by atoms with Crippen molar-refractivity contribution in [3.8, 4) is 28.3 Å². The molecule has 156 valence electrons. The second-order valence-corrected chi connectivity index (χ2v) is 10.3. The Hall–Kier alpha value is -2.45. The fourth-order valence-electron chi connectivity index (χ4n) is 3.75. The van der Waals surface area contributed by atoms with Crippen LogP contribution in [0.3, 0.4) is 0 Å². The summed E-state index contributed by atoms with van der Waals surface area (Å²) >= 11 is 3.44. The zero-order chi connectivity index (χ0) is 21.8. The van der Waals surface area contributed by atoms with E-state index in [0.29, 0.717) is 5.82 Å². The van der Waals surface area contributed by atoms with E-state index in [0.717, 1.165) is 39.7 Å². The predicted octanol–water partition coefficient (Wildman–Crippen LogP) is 6.41. The summed E-state index contributed by atoms with van der Waals surface area (Å²) in [4.78, 5) is 8.91. The number of thiophene rings is 2. The smallest absolute Gasteiger partial charge is 0.232 e. The zero-order valence-corrected chi connectivity index (χ0v) is 18.9. The Kier molecular flexibility index (Phi) is 5.10. The fourth-order valence-corrected chi connectivity index (χ4v) is 5.60. The third kappa shape index (κ3) is 3.58. The summed E-state index contributed by atoms with van der Waals surface area (Å²) in [5.41, 5.74) is 3.41. The Bertz CT molecular complexity index is 1230. The summed E-state index contributed by atoms with van der Waals surface area (Å²) in [5.74, 6) is 0.452. The topological polar surface area (TPSA) is 21.7 Å². The van der Waals surface area contributed by atoms with Gasteiger partial charge < -0.3 is 0 Å². The molecule has 0 fully saturated rings. The van der Waals surface area contributed by atoms with E-state index < -0.39 is 11.7 Å². The molecule has 3 nitrogen and oxygen atoms in total. The lowest BCUT2D eigenvalue weighted by Gasteiger charge is -2.07. The van der Waals surface area contributed by atoms with Crippen molar-refractivity contribution in [2.75, 3.05) is 0 Å². The van der Waals surface area contributed by atoms with E-state index in [2.05, 4.69) is 44.8 Å². The Balaban J connectivity index is 1.99. The lowest BCUT2D eigenvalue weighted by Crippen LogP contribution is -2.28. The van der Waals surface area contributed by atoms with Crippen molar-refractivity contribution < 1.29 is 17.7 Å². The summed E-state index contributed by atoms with van der Waals surface area (Å²) in [5, 5.41) is 0. The van der Waals surface area contributed by atoms with E-state index in [-0.39, 0.29) is 0 Å². The molecule has 0 saturated heterocycles. The van der Waals surface area contributed by atoms with Crippen LogP contribution in [0.4, 0.5) is 13.2 Å². The lowest BCUT2D eigenvalue weighted by atomic mass is 10.0. The number of hydrogen-bond acceptors (Lipinski definition) is 3. The molecule has 0 aliphatic heterocycles. The highest BCUT2D eigenvalue weighted by Crippen LogP contribution is 2.40. The minimum Gasteiger partial charge on any atom is -0.232 e. The molecule has 4 rings (SSSR count). The van der Waals surface area contributed by atoms with Crippen LogP contribution in [0, 0.1) is 27.7 Å². The van der Waals surface area contributed by atoms with Crippen LogP contribution in [-0.4, -0.2) is 9.55 Å². The molecule has 0 N–H and O–H groups in total. The molecule has 4 aromatic rings. The summed E-state index contributed by atoms with van der Waals surface area (Å²) in [6.45, 7) is 8.30. The first-order valence-electron chi connectivity index (χ1n) is 9.35. The third-order valence-corrected chi connectivity index (χ3v) is 6.95. The first-order chi connectivity index (χ1) is 14.1. The number of alkyl halides is 3. The molecule has 4 heterocycles. The molecule has 0 unspecified atom stereocenters. The number of rotatable bonds is 3. The Morgan fingerprint density at radius 2 is 1.53 bits per heavy atom. The van der Waals surface area contributed by atoms with Gasteiger partial charge in [-0.05, 0) is 45.9 Å². The van der Waals surface area contributed by atoms with Crippen LogP contribution < -0.4 is 4.57 Å². The predicted molar refractivity (Wildman–Crippen MR) is 115 cm³/mol. The third-order valence-electron chi connectivity index (χ3n) is 5.02. The Morgan fingerprint density at radius 1 is 0.933 bits per heavy atom. The highest BCUT2D eigenvalue weighted by atomic mass is 32.1. The summed E-state index contributed by atoms with van der Waals surface area (Å²) in [6.07, 6.45) is -1.63. The molecule has 0 atom stereocenters. The molecule has 8 heteroatoms. The summed E-state index contributed by atoms with van der Waals surface area (Å²) in [7, 11) is 1.96. The minimum atomic E-state index is -4.41. The fraction of sp³-hybridized carbons (Fsp3) is 0.273. The maximum atomic E-state index is 13.0. The van der Waals surface area contributed by atoms with Crippen LogP contribution in [0.25, 0.3) is 28.3 Å². The quantitative estimate of drug-likeness (QED) is 0.332. The van der Waals surface area contributed by atoms with Gasteiger partial charge >= 0.3 is 6.18 Å². The number of aromatic nitrogens is 3. The van der Waals surface area contributed by atoms with Crippen LogP contribution in [0.5, 0.6) is 0 Å². The van der Waals surface area contributed by atoms with Gasteiger partial charge in [-0.25, -0.2) is 9.55 Å². The second-order valence-electron chi connectivity index (χ2n) is 7.35. The van der Waals surface area contributed by atoms with Crippen molar-refractivity contribution in [1.82, 2.24) is 9.55 Å². The van der Waals surface area contributed by atoms with Crippen LogP contribution in [0.2, 0.25) is 0 Å². The van der Waals surface area contributed by atoms with E-state index in [1.165, 1.54) is 20.7 Å². The second kappa shape index (κ2) is 7.35. The van der Waals surface area contributed by atoms with Crippen molar-refractivity contribution in [3.05, 3.63) is 61.9 Å². The molecule has 0 aliphatic carbocycles. The first kappa shape index (κ1) is 20.8. The van der Waals surface area contributed by atoms with Gasteiger partial charge in [0.15, 0.2) is 11.4 Å². The Labute approximate surface area is 181 Å². The van der Waals surface area contributed by atoms with Gasteiger partial charge in [0.05, 0.1) is 12.6 Å². The zero-order valence-electron chi connectivity index (χ0n) is 17.3. The normalized spacial score (nSPS) is 12.0. The number of imidazole rings is 1. The molecule has 4 aromatic heterocycles. The summed E-state index contributed by atoms with van der Waals surface area (Å²) < 4.78 is 42.9. The van der Waals surface area contributed by atoms with Gasteiger partial charge in [-0.15, -0.1) is 22.7 Å². The molecule has 0 bridgehead atoms. The van der Waals surface area contributed by atoms with Crippen LogP contribution in [-0.2, 0) is 13.2 Å². The number of halogens is 3. The van der Waals surface area contributed by atoms with Crippen molar-refractivity contribution in [1.29, 1.82) is 0 Å². The van der Waals surface area contributed by atoms with Gasteiger partial charge in [0.2, 0.25) is 5.82 Å². The summed E-state index contributed by atoms with van der Waals surface area (Å²) in [6, 6.07) is 6.81. The molecule has 0 aliphatic rings. The van der Waals surface area contributed by atoms with E-state index in [1.807, 2.05) is 22.5 Å². The standard InChI is InChI=1S/C22H21F3N3S2/c1-12-8-17(14(3)29-12)20-21(18-9-13(2)30-15(18)4)28(11-27(20)5)19-7-6-16(10-26-19)22(23,24)25/h6-11H,1-5H3/q+1. The van der Waals surface area contributed by atoms with Gasteiger partial charge in [0.1, 0.15) is 0 Å². The molecule has 0 saturated carbocycles. The Morgan fingerprint density at radius 3 is 2.00 bits per heavy atom. The van der Waals surface area contributed by atoms with E-state index in [9.17, 15) is 13.2 Å². The molecular formula is C22H21F3N3S2+. The van der Waals surface area contributed by atoms with Crippen molar-refractivity contribution in [2.24, 2.45) is 7.05 Å². The van der Waals surface area contributed by atoms with E-state index in [4.69, 9.17) is 0 Å². The van der Waals surface area contributed by atoms with E-state index in [1.54, 1.807) is 22.7 Å². The van der Waals surface area contributed by atoms with Crippen LogP contribution >= 0.6 is 22.7 Å². The molecule has 0 radical (unpaired) electrons. The number of aryl methyl sites for hydroxylation is 5. The van der Waals surface area contributed by atoms with Gasteiger partial charge in [-0.3, -0.25) is 0 Å². The highest BCUT2D eigenvalue weighted by molar-refractivity contribution is 7.12. The maximum absolute atomic E-state index is 13.0. The average molecular weight is 449 g/mol. The largest absolute Gasteiger partial charge is 0.417 e.